The minimum atomic E-state index is -1.15. The smallest absolute Gasteiger partial charge is 0.313 e. The van der Waals surface area contributed by atoms with Gasteiger partial charge in [-0.3, -0.25) is 4.79 Å². The highest BCUT2D eigenvalue weighted by atomic mass is 19.1. The van der Waals surface area contributed by atoms with Crippen LogP contribution in [0.3, 0.4) is 0 Å². The maximum atomic E-state index is 12.8. The van der Waals surface area contributed by atoms with E-state index in [1.54, 1.807) is 0 Å². The van der Waals surface area contributed by atoms with Gasteiger partial charge >= 0.3 is 5.97 Å². The molecule has 0 radical (unpaired) electrons. The average Bonchev–Trinajstić information content (AvgIpc) is 3.05. The molecule has 0 aliphatic rings. The fraction of sp³-hybridized carbons (Fsp3) is 0.375. The van der Waals surface area contributed by atoms with Gasteiger partial charge in [-0.2, -0.15) is 4.80 Å². The molecule has 2 N–H and O–H groups in total. The van der Waals surface area contributed by atoms with Crippen molar-refractivity contribution in [3.05, 3.63) is 42.5 Å². The molecule has 2 rings (SSSR count). The van der Waals surface area contributed by atoms with Crippen molar-refractivity contribution >= 4 is 11.5 Å². The molecule has 0 aliphatic carbocycles. The van der Waals surface area contributed by atoms with Gasteiger partial charge < -0.3 is 14.9 Å². The average molecular weight is 350 g/mol. The summed E-state index contributed by atoms with van der Waals surface area (Å²) in [6.07, 6.45) is -2.77. The SMILES string of the molecule is C=C(c1nnn(CC)n1)C(O)CC(O)CC(=O)Oc1ccc(F)cc1. The van der Waals surface area contributed by atoms with E-state index in [0.29, 0.717) is 6.54 Å². The molecule has 1 aromatic heterocycles. The monoisotopic (exact) mass is 350 g/mol. The molecular weight excluding hydrogens is 331 g/mol. The lowest BCUT2D eigenvalue weighted by Gasteiger charge is -2.15. The van der Waals surface area contributed by atoms with E-state index >= 15 is 0 Å². The largest absolute Gasteiger partial charge is 0.426 e. The summed E-state index contributed by atoms with van der Waals surface area (Å²) in [6.45, 7) is 6.05. The van der Waals surface area contributed by atoms with Crippen molar-refractivity contribution < 1.29 is 24.1 Å². The Kier molecular flexibility index (Phi) is 6.31. The maximum absolute atomic E-state index is 12.8. The zero-order valence-corrected chi connectivity index (χ0v) is 13.7. The number of aliphatic hydroxyl groups excluding tert-OH is 2. The van der Waals surface area contributed by atoms with Crippen molar-refractivity contribution in [3.63, 3.8) is 0 Å². The molecule has 0 amide bonds. The minimum absolute atomic E-state index is 0.141. The minimum Gasteiger partial charge on any atom is -0.426 e. The first-order valence-electron chi connectivity index (χ1n) is 7.68. The quantitative estimate of drug-likeness (QED) is 0.539. The summed E-state index contributed by atoms with van der Waals surface area (Å²) >= 11 is 0. The van der Waals surface area contributed by atoms with E-state index in [1.807, 2.05) is 6.92 Å². The Labute approximate surface area is 143 Å². The highest BCUT2D eigenvalue weighted by Gasteiger charge is 2.21. The summed E-state index contributed by atoms with van der Waals surface area (Å²) in [6, 6.07) is 4.92. The Bertz CT molecular complexity index is 732. The molecule has 0 saturated heterocycles. The van der Waals surface area contributed by atoms with Crippen LogP contribution in [0.15, 0.2) is 30.8 Å². The first kappa shape index (κ1) is 18.7. The molecule has 2 atom stereocenters. The van der Waals surface area contributed by atoms with Crippen LogP contribution < -0.4 is 4.74 Å². The van der Waals surface area contributed by atoms with Crippen molar-refractivity contribution in [2.75, 3.05) is 0 Å². The zero-order valence-electron chi connectivity index (χ0n) is 13.7. The normalized spacial score (nSPS) is 13.3. The third kappa shape index (κ3) is 5.44. The van der Waals surface area contributed by atoms with E-state index in [1.165, 1.54) is 16.9 Å². The summed E-state index contributed by atoms with van der Waals surface area (Å²) in [5.74, 6) is -0.804. The van der Waals surface area contributed by atoms with Crippen molar-refractivity contribution in [1.29, 1.82) is 0 Å². The number of carbonyl (C=O) groups excluding carboxylic acids is 1. The van der Waals surface area contributed by atoms with Crippen LogP contribution in [0.5, 0.6) is 5.75 Å². The van der Waals surface area contributed by atoms with E-state index in [4.69, 9.17) is 4.74 Å². The number of hydrogen-bond donors (Lipinski definition) is 2. The summed E-state index contributed by atoms with van der Waals surface area (Å²) in [7, 11) is 0. The highest BCUT2D eigenvalue weighted by molar-refractivity contribution is 5.73. The topological polar surface area (TPSA) is 110 Å². The predicted molar refractivity (Wildman–Crippen MR) is 85.8 cm³/mol. The Morgan fingerprint density at radius 2 is 2.04 bits per heavy atom. The van der Waals surface area contributed by atoms with E-state index < -0.39 is 24.0 Å². The van der Waals surface area contributed by atoms with Crippen LogP contribution in [0.25, 0.3) is 5.57 Å². The number of nitrogens with zero attached hydrogens (tertiary/aromatic N) is 4. The molecule has 9 heteroatoms. The van der Waals surface area contributed by atoms with Crippen LogP contribution in [0.2, 0.25) is 0 Å². The fourth-order valence-electron chi connectivity index (χ4n) is 2.01. The van der Waals surface area contributed by atoms with Gasteiger partial charge in [0.2, 0.25) is 5.82 Å². The second kappa shape index (κ2) is 8.45. The van der Waals surface area contributed by atoms with E-state index in [9.17, 15) is 19.4 Å². The summed E-state index contributed by atoms with van der Waals surface area (Å²) in [5.41, 5.74) is 0.200. The molecule has 0 spiro atoms. The Balaban J connectivity index is 1.83. The molecule has 1 heterocycles. The fourth-order valence-corrected chi connectivity index (χ4v) is 2.01. The lowest BCUT2D eigenvalue weighted by molar-refractivity contribution is -0.136. The molecule has 134 valence electrons. The molecule has 0 bridgehead atoms. The van der Waals surface area contributed by atoms with Crippen LogP contribution in [-0.4, -0.2) is 48.6 Å². The number of carbonyl (C=O) groups is 1. The van der Waals surface area contributed by atoms with E-state index in [0.717, 1.165) is 12.1 Å². The van der Waals surface area contributed by atoms with Crippen LogP contribution in [0, 0.1) is 5.82 Å². The predicted octanol–water partition coefficient (Wildman–Crippen LogP) is 0.953. The number of halogens is 1. The standard InChI is InChI=1S/C16H19FN4O4/c1-3-21-19-16(18-20-21)10(2)14(23)8-12(22)9-15(24)25-13-6-4-11(17)5-7-13/h4-7,12,14,22-23H,2-3,8-9H2,1H3. The van der Waals surface area contributed by atoms with Gasteiger partial charge in [-0.25, -0.2) is 4.39 Å². The number of ether oxygens (including phenoxy) is 1. The number of esters is 1. The highest BCUT2D eigenvalue weighted by Crippen LogP contribution is 2.18. The van der Waals surface area contributed by atoms with Gasteiger partial charge in [0.1, 0.15) is 11.6 Å². The van der Waals surface area contributed by atoms with Crippen LogP contribution in [-0.2, 0) is 11.3 Å². The third-order valence-electron chi connectivity index (χ3n) is 3.37. The maximum Gasteiger partial charge on any atom is 0.313 e. The molecule has 0 aliphatic heterocycles. The van der Waals surface area contributed by atoms with Crippen LogP contribution >= 0.6 is 0 Å². The van der Waals surface area contributed by atoms with Crippen LogP contribution in [0.1, 0.15) is 25.6 Å². The molecule has 0 saturated carbocycles. The lowest BCUT2D eigenvalue weighted by atomic mass is 10.0. The van der Waals surface area contributed by atoms with Gasteiger partial charge in [-0.1, -0.05) is 6.58 Å². The molecule has 2 unspecified atom stereocenters. The van der Waals surface area contributed by atoms with Gasteiger partial charge in [-0.05, 0) is 36.4 Å². The van der Waals surface area contributed by atoms with Crippen molar-refractivity contribution in [1.82, 2.24) is 20.2 Å². The Morgan fingerprint density at radius 1 is 1.36 bits per heavy atom. The molecule has 25 heavy (non-hydrogen) atoms. The van der Waals surface area contributed by atoms with Gasteiger partial charge in [-0.15, -0.1) is 10.2 Å². The Morgan fingerprint density at radius 3 is 2.64 bits per heavy atom. The van der Waals surface area contributed by atoms with Gasteiger partial charge in [0, 0.05) is 12.0 Å². The van der Waals surface area contributed by atoms with Gasteiger partial charge in [0.15, 0.2) is 0 Å². The summed E-state index contributed by atoms with van der Waals surface area (Å²) < 4.78 is 17.8. The lowest BCUT2D eigenvalue weighted by Crippen LogP contribution is -2.24. The molecule has 2 aromatic rings. The summed E-state index contributed by atoms with van der Waals surface area (Å²) in [5, 5.41) is 31.6. The number of aromatic nitrogens is 4. The van der Waals surface area contributed by atoms with E-state index in [2.05, 4.69) is 22.0 Å². The van der Waals surface area contributed by atoms with Gasteiger partial charge in [0.05, 0.1) is 25.2 Å². The number of rotatable bonds is 8. The molecule has 0 fully saturated rings. The van der Waals surface area contributed by atoms with Crippen molar-refractivity contribution in [3.8, 4) is 5.75 Å². The van der Waals surface area contributed by atoms with Crippen molar-refractivity contribution in [2.45, 2.75) is 38.5 Å². The van der Waals surface area contributed by atoms with E-state index in [-0.39, 0.29) is 30.0 Å². The summed E-state index contributed by atoms with van der Waals surface area (Å²) in [4.78, 5) is 13.1. The third-order valence-corrected chi connectivity index (χ3v) is 3.37. The number of tetrazole rings is 1. The zero-order chi connectivity index (χ0) is 18.4. The Hall–Kier alpha value is -2.65. The number of benzene rings is 1. The van der Waals surface area contributed by atoms with Gasteiger partial charge in [0.25, 0.3) is 0 Å². The molecular formula is C16H19FN4O4. The number of hydrogen-bond acceptors (Lipinski definition) is 7. The number of aliphatic hydroxyl groups is 2. The first-order chi connectivity index (χ1) is 11.9. The second-order valence-corrected chi connectivity index (χ2v) is 5.36. The molecule has 8 nitrogen and oxygen atoms in total. The first-order valence-corrected chi connectivity index (χ1v) is 7.68. The molecule has 1 aromatic carbocycles. The number of aryl methyl sites for hydroxylation is 1. The van der Waals surface area contributed by atoms with Crippen LogP contribution in [0.4, 0.5) is 4.39 Å². The van der Waals surface area contributed by atoms with Crippen molar-refractivity contribution in [2.24, 2.45) is 0 Å². The second-order valence-electron chi connectivity index (χ2n) is 5.36.